The molecule has 1 aromatic rings. The molecule has 0 aliphatic carbocycles. The molecule has 0 aromatic heterocycles. The minimum absolute atomic E-state index is 0.253. The van der Waals surface area contributed by atoms with E-state index < -0.39 is 5.97 Å². The van der Waals surface area contributed by atoms with Gasteiger partial charge in [-0.1, -0.05) is 40.2 Å². The van der Waals surface area contributed by atoms with E-state index in [0.717, 1.165) is 18.2 Å². The number of carbonyl (C=O) groups is 1. The molecule has 0 radical (unpaired) electrons. The lowest BCUT2D eigenvalue weighted by atomic mass is 10.1. The fraction of sp³-hybridized carbons (Fsp3) is 0.417. The van der Waals surface area contributed by atoms with Crippen LogP contribution >= 0.6 is 15.9 Å². The first-order chi connectivity index (χ1) is 7.22. The van der Waals surface area contributed by atoms with E-state index in [4.69, 9.17) is 5.11 Å². The summed E-state index contributed by atoms with van der Waals surface area (Å²) in [6.45, 7) is 0. The van der Waals surface area contributed by atoms with E-state index in [2.05, 4.69) is 40.2 Å². The van der Waals surface area contributed by atoms with E-state index in [-0.39, 0.29) is 6.42 Å². The average Bonchev–Trinajstić information content (AvgIpc) is 2.20. The molecule has 1 N–H and O–H groups in total. The van der Waals surface area contributed by atoms with Crippen LogP contribution in [-0.2, 0) is 17.6 Å². The summed E-state index contributed by atoms with van der Waals surface area (Å²) < 4.78 is 0. The Hall–Kier alpha value is -0.830. The number of rotatable bonds is 6. The van der Waals surface area contributed by atoms with Gasteiger partial charge in [0.15, 0.2) is 0 Å². The minimum atomic E-state index is -0.717. The van der Waals surface area contributed by atoms with Crippen molar-refractivity contribution in [2.45, 2.75) is 25.7 Å². The van der Waals surface area contributed by atoms with Crippen LogP contribution in [0.1, 0.15) is 24.0 Å². The van der Waals surface area contributed by atoms with Crippen LogP contribution in [0.25, 0.3) is 0 Å². The second-order valence-corrected chi connectivity index (χ2v) is 4.30. The Balaban J connectivity index is 2.39. The van der Waals surface area contributed by atoms with E-state index in [1.54, 1.807) is 0 Å². The summed E-state index contributed by atoms with van der Waals surface area (Å²) in [5.41, 5.74) is 2.53. The monoisotopic (exact) mass is 270 g/mol. The average molecular weight is 271 g/mol. The molecular formula is C12H15BrO2. The Bertz CT molecular complexity index is 306. The fourth-order valence-electron chi connectivity index (χ4n) is 1.43. The third kappa shape index (κ3) is 4.98. The van der Waals surface area contributed by atoms with Gasteiger partial charge in [-0.05, 0) is 30.4 Å². The predicted molar refractivity (Wildman–Crippen MR) is 64.5 cm³/mol. The van der Waals surface area contributed by atoms with E-state index >= 15 is 0 Å². The molecule has 0 saturated carbocycles. The number of carboxylic acid groups (broad SMARTS) is 1. The third-order valence-corrected chi connectivity index (χ3v) is 2.66. The Morgan fingerprint density at radius 1 is 1.13 bits per heavy atom. The van der Waals surface area contributed by atoms with Crippen LogP contribution in [0.2, 0.25) is 0 Å². The number of alkyl halides is 1. The lowest BCUT2D eigenvalue weighted by Crippen LogP contribution is -1.96. The molecule has 0 atom stereocenters. The highest BCUT2D eigenvalue weighted by Gasteiger charge is 1.98. The van der Waals surface area contributed by atoms with Gasteiger partial charge in [-0.2, -0.15) is 0 Å². The van der Waals surface area contributed by atoms with Gasteiger partial charge in [0.2, 0.25) is 0 Å². The summed E-state index contributed by atoms with van der Waals surface area (Å²) in [5.74, 6) is -0.717. The van der Waals surface area contributed by atoms with E-state index in [9.17, 15) is 4.79 Å². The molecule has 15 heavy (non-hydrogen) atoms. The largest absolute Gasteiger partial charge is 0.481 e. The topological polar surface area (TPSA) is 37.3 Å². The van der Waals surface area contributed by atoms with E-state index in [1.165, 1.54) is 11.1 Å². The number of aryl methyl sites for hydroxylation is 2. The van der Waals surface area contributed by atoms with Crippen molar-refractivity contribution in [1.29, 1.82) is 0 Å². The number of carboxylic acids is 1. The number of hydrogen-bond donors (Lipinski definition) is 1. The molecule has 82 valence electrons. The summed E-state index contributed by atoms with van der Waals surface area (Å²) in [5, 5.41) is 9.48. The SMILES string of the molecule is O=C(O)CCCc1ccc(CCBr)cc1. The molecule has 0 aliphatic rings. The highest BCUT2D eigenvalue weighted by Crippen LogP contribution is 2.09. The first-order valence-corrected chi connectivity index (χ1v) is 6.20. The van der Waals surface area contributed by atoms with Crippen molar-refractivity contribution in [2.75, 3.05) is 5.33 Å². The first kappa shape index (κ1) is 12.2. The molecule has 0 spiro atoms. The standard InChI is InChI=1S/C12H15BrO2/c13-9-8-11-6-4-10(5-7-11)2-1-3-12(14)15/h4-7H,1-3,8-9H2,(H,14,15). The molecule has 0 amide bonds. The molecule has 1 rings (SSSR count). The van der Waals surface area contributed by atoms with Crippen LogP contribution in [0.5, 0.6) is 0 Å². The number of hydrogen-bond acceptors (Lipinski definition) is 1. The quantitative estimate of drug-likeness (QED) is 0.807. The van der Waals surface area contributed by atoms with Crippen molar-refractivity contribution < 1.29 is 9.90 Å². The van der Waals surface area contributed by atoms with Crippen molar-refractivity contribution in [3.8, 4) is 0 Å². The molecule has 0 fully saturated rings. The third-order valence-electron chi connectivity index (χ3n) is 2.26. The van der Waals surface area contributed by atoms with Gasteiger partial charge in [0.1, 0.15) is 0 Å². The van der Waals surface area contributed by atoms with Crippen molar-refractivity contribution in [1.82, 2.24) is 0 Å². The molecule has 0 unspecified atom stereocenters. The van der Waals surface area contributed by atoms with Gasteiger partial charge in [0.05, 0.1) is 0 Å². The van der Waals surface area contributed by atoms with Crippen LogP contribution < -0.4 is 0 Å². The minimum Gasteiger partial charge on any atom is -0.481 e. The highest BCUT2D eigenvalue weighted by molar-refractivity contribution is 9.09. The molecule has 0 saturated heterocycles. The van der Waals surface area contributed by atoms with E-state index in [0.29, 0.717) is 6.42 Å². The maximum absolute atomic E-state index is 10.3. The van der Waals surface area contributed by atoms with Crippen molar-refractivity contribution in [3.05, 3.63) is 35.4 Å². The first-order valence-electron chi connectivity index (χ1n) is 5.08. The fourth-order valence-corrected chi connectivity index (χ4v) is 1.88. The van der Waals surface area contributed by atoms with Gasteiger partial charge in [-0.15, -0.1) is 0 Å². The van der Waals surface area contributed by atoms with Gasteiger partial charge in [-0.25, -0.2) is 0 Å². The smallest absolute Gasteiger partial charge is 0.303 e. The Morgan fingerprint density at radius 3 is 2.13 bits per heavy atom. The van der Waals surface area contributed by atoms with Crippen LogP contribution in [-0.4, -0.2) is 16.4 Å². The van der Waals surface area contributed by atoms with Crippen molar-refractivity contribution >= 4 is 21.9 Å². The number of aliphatic carboxylic acids is 1. The summed E-state index contributed by atoms with van der Waals surface area (Å²) in [4.78, 5) is 10.3. The zero-order chi connectivity index (χ0) is 11.1. The second-order valence-electron chi connectivity index (χ2n) is 3.50. The molecule has 0 heterocycles. The van der Waals surface area contributed by atoms with Gasteiger partial charge >= 0.3 is 5.97 Å². The number of benzene rings is 1. The summed E-state index contributed by atoms with van der Waals surface area (Å²) in [6.07, 6.45) is 2.85. The molecule has 1 aromatic carbocycles. The Labute approximate surface area is 98.4 Å². The molecule has 2 nitrogen and oxygen atoms in total. The molecule has 0 aliphatic heterocycles. The Morgan fingerprint density at radius 2 is 1.67 bits per heavy atom. The van der Waals surface area contributed by atoms with Gasteiger partial charge in [0.25, 0.3) is 0 Å². The van der Waals surface area contributed by atoms with Crippen LogP contribution in [0, 0.1) is 0 Å². The zero-order valence-corrected chi connectivity index (χ0v) is 10.2. The van der Waals surface area contributed by atoms with Gasteiger partial charge in [0, 0.05) is 11.8 Å². The maximum Gasteiger partial charge on any atom is 0.303 e. The van der Waals surface area contributed by atoms with Gasteiger partial charge in [-0.3, -0.25) is 4.79 Å². The predicted octanol–water partition coefficient (Wildman–Crippen LogP) is 3.03. The maximum atomic E-state index is 10.3. The van der Waals surface area contributed by atoms with Crippen molar-refractivity contribution in [3.63, 3.8) is 0 Å². The van der Waals surface area contributed by atoms with Crippen molar-refractivity contribution in [2.24, 2.45) is 0 Å². The lowest BCUT2D eigenvalue weighted by molar-refractivity contribution is -0.137. The lowest BCUT2D eigenvalue weighted by Gasteiger charge is -2.02. The van der Waals surface area contributed by atoms with Crippen LogP contribution in [0.4, 0.5) is 0 Å². The summed E-state index contributed by atoms with van der Waals surface area (Å²) >= 11 is 3.40. The zero-order valence-electron chi connectivity index (χ0n) is 8.58. The number of halogens is 1. The summed E-state index contributed by atoms with van der Waals surface area (Å²) in [7, 11) is 0. The molecular weight excluding hydrogens is 256 g/mol. The molecule has 0 bridgehead atoms. The van der Waals surface area contributed by atoms with E-state index in [1.807, 2.05) is 0 Å². The molecule has 3 heteroatoms. The summed E-state index contributed by atoms with van der Waals surface area (Å²) in [6, 6.07) is 8.38. The second kappa shape index (κ2) is 6.62. The Kier molecular flexibility index (Phi) is 5.40. The highest BCUT2D eigenvalue weighted by atomic mass is 79.9. The van der Waals surface area contributed by atoms with Crippen LogP contribution in [0.3, 0.4) is 0 Å². The van der Waals surface area contributed by atoms with Gasteiger partial charge < -0.3 is 5.11 Å². The van der Waals surface area contributed by atoms with Crippen LogP contribution in [0.15, 0.2) is 24.3 Å². The normalized spacial score (nSPS) is 10.2.